The number of hydrogen-bond donors (Lipinski definition) is 1. The number of carbonyl (C=O) groups excluding carboxylic acids is 1. The van der Waals surface area contributed by atoms with E-state index >= 15 is 0 Å². The highest BCUT2D eigenvalue weighted by molar-refractivity contribution is 5.92. The van der Waals surface area contributed by atoms with Gasteiger partial charge in [-0.25, -0.2) is 0 Å². The normalized spacial score (nSPS) is 15.5. The third kappa shape index (κ3) is 3.22. The number of hydrogen-bond acceptors (Lipinski definition) is 2. The number of benzene rings is 1. The average Bonchev–Trinajstić information content (AvgIpc) is 3.29. The molecule has 1 aromatic heterocycles. The van der Waals surface area contributed by atoms with Gasteiger partial charge in [-0.05, 0) is 37.0 Å². The molecule has 116 valence electrons. The maximum atomic E-state index is 12.5. The summed E-state index contributed by atoms with van der Waals surface area (Å²) in [6.07, 6.45) is 4.30. The van der Waals surface area contributed by atoms with E-state index in [0.29, 0.717) is 19.0 Å². The molecule has 1 saturated carbocycles. The number of rotatable bonds is 6. The van der Waals surface area contributed by atoms with Gasteiger partial charge in [-0.3, -0.25) is 4.79 Å². The molecule has 1 N–H and O–H groups in total. The van der Waals surface area contributed by atoms with Crippen molar-refractivity contribution in [3.8, 4) is 0 Å². The summed E-state index contributed by atoms with van der Waals surface area (Å²) in [6, 6.07) is 13.9. The van der Waals surface area contributed by atoms with Crippen LogP contribution >= 0.6 is 0 Å². The van der Waals surface area contributed by atoms with Gasteiger partial charge in [-0.15, -0.1) is 0 Å². The smallest absolute Gasteiger partial charge is 0.270 e. The minimum absolute atomic E-state index is 0.0251. The van der Waals surface area contributed by atoms with Crippen LogP contribution in [-0.2, 0) is 0 Å². The molecule has 1 fully saturated rings. The van der Waals surface area contributed by atoms with Crippen molar-refractivity contribution in [1.82, 2.24) is 9.47 Å². The molecule has 3 rings (SSSR count). The Labute approximate surface area is 131 Å². The highest BCUT2D eigenvalue weighted by atomic mass is 16.3. The largest absolute Gasteiger partial charge is 0.388 e. The maximum Gasteiger partial charge on any atom is 0.270 e. The standard InChI is InChI=1S/C18H22N2O2/c1-19(13-11-17(21)14-6-3-2-4-7-14)18(22)16-8-5-12-20(16)15-9-10-15/h2-8,12,15,17,21H,9-11,13H2,1H3. The van der Waals surface area contributed by atoms with Crippen LogP contribution in [0.2, 0.25) is 0 Å². The molecule has 1 aliphatic carbocycles. The van der Waals surface area contributed by atoms with E-state index in [1.165, 1.54) is 0 Å². The van der Waals surface area contributed by atoms with Gasteiger partial charge in [-0.1, -0.05) is 30.3 Å². The van der Waals surface area contributed by atoms with Crippen molar-refractivity contribution in [2.24, 2.45) is 0 Å². The van der Waals surface area contributed by atoms with Crippen LogP contribution in [0.25, 0.3) is 0 Å². The monoisotopic (exact) mass is 298 g/mol. The van der Waals surface area contributed by atoms with Crippen molar-refractivity contribution in [2.45, 2.75) is 31.4 Å². The molecule has 1 heterocycles. The molecule has 0 saturated heterocycles. The number of amides is 1. The van der Waals surface area contributed by atoms with E-state index in [4.69, 9.17) is 0 Å². The molecule has 0 aliphatic heterocycles. The van der Waals surface area contributed by atoms with Crippen LogP contribution in [0, 0.1) is 0 Å². The van der Waals surface area contributed by atoms with E-state index in [1.54, 1.807) is 11.9 Å². The summed E-state index contributed by atoms with van der Waals surface area (Å²) in [5.74, 6) is 0.0251. The van der Waals surface area contributed by atoms with Crippen molar-refractivity contribution in [2.75, 3.05) is 13.6 Å². The Morgan fingerprint density at radius 2 is 2.00 bits per heavy atom. The minimum Gasteiger partial charge on any atom is -0.388 e. The van der Waals surface area contributed by atoms with Crippen LogP contribution in [0.5, 0.6) is 0 Å². The van der Waals surface area contributed by atoms with Gasteiger partial charge in [0.1, 0.15) is 5.69 Å². The summed E-state index contributed by atoms with van der Waals surface area (Å²) in [5.41, 5.74) is 1.64. The Morgan fingerprint density at radius 1 is 1.27 bits per heavy atom. The van der Waals surface area contributed by atoms with Gasteiger partial charge in [0.2, 0.25) is 0 Å². The first-order valence-corrected chi connectivity index (χ1v) is 7.82. The van der Waals surface area contributed by atoms with Gasteiger partial charge in [0.25, 0.3) is 5.91 Å². The van der Waals surface area contributed by atoms with E-state index in [-0.39, 0.29) is 5.91 Å². The molecular formula is C18H22N2O2. The van der Waals surface area contributed by atoms with Crippen LogP contribution in [0.1, 0.15) is 47.5 Å². The first-order valence-electron chi connectivity index (χ1n) is 7.82. The fraction of sp³-hybridized carbons (Fsp3) is 0.389. The van der Waals surface area contributed by atoms with Gasteiger partial charge in [0, 0.05) is 25.8 Å². The van der Waals surface area contributed by atoms with Crippen LogP contribution in [0.4, 0.5) is 0 Å². The molecule has 0 radical (unpaired) electrons. The molecule has 1 unspecified atom stereocenters. The van der Waals surface area contributed by atoms with Gasteiger partial charge in [-0.2, -0.15) is 0 Å². The van der Waals surface area contributed by atoms with Crippen molar-refractivity contribution in [3.05, 3.63) is 59.9 Å². The van der Waals surface area contributed by atoms with Crippen molar-refractivity contribution >= 4 is 5.91 Å². The molecule has 0 spiro atoms. The van der Waals surface area contributed by atoms with Crippen molar-refractivity contribution in [3.63, 3.8) is 0 Å². The molecule has 4 heteroatoms. The Morgan fingerprint density at radius 3 is 2.68 bits per heavy atom. The predicted octanol–water partition coefficient (Wildman–Crippen LogP) is 3.02. The molecule has 0 bridgehead atoms. The average molecular weight is 298 g/mol. The lowest BCUT2D eigenvalue weighted by Crippen LogP contribution is -2.30. The summed E-state index contributed by atoms with van der Waals surface area (Å²) in [7, 11) is 1.80. The second-order valence-corrected chi connectivity index (χ2v) is 5.97. The summed E-state index contributed by atoms with van der Waals surface area (Å²) < 4.78 is 2.08. The molecule has 1 aromatic carbocycles. The number of carbonyl (C=O) groups is 1. The molecule has 2 aromatic rings. The van der Waals surface area contributed by atoms with Crippen LogP contribution in [0.3, 0.4) is 0 Å². The summed E-state index contributed by atoms with van der Waals surface area (Å²) >= 11 is 0. The van der Waals surface area contributed by atoms with Gasteiger partial charge in [0.05, 0.1) is 6.10 Å². The quantitative estimate of drug-likeness (QED) is 0.891. The Bertz CT molecular complexity index is 632. The number of aliphatic hydroxyl groups is 1. The Hall–Kier alpha value is -2.07. The lowest BCUT2D eigenvalue weighted by Gasteiger charge is -2.20. The lowest BCUT2D eigenvalue weighted by molar-refractivity contribution is 0.0750. The van der Waals surface area contributed by atoms with Crippen molar-refractivity contribution < 1.29 is 9.90 Å². The summed E-state index contributed by atoms with van der Waals surface area (Å²) in [4.78, 5) is 14.2. The number of aromatic nitrogens is 1. The minimum atomic E-state index is -0.535. The van der Waals surface area contributed by atoms with Gasteiger partial charge in [0.15, 0.2) is 0 Å². The summed E-state index contributed by atoms with van der Waals surface area (Å²) in [5, 5.41) is 10.2. The Kier molecular flexibility index (Phi) is 4.29. The highest BCUT2D eigenvalue weighted by Gasteiger charge is 2.27. The summed E-state index contributed by atoms with van der Waals surface area (Å²) in [6.45, 7) is 0.532. The zero-order chi connectivity index (χ0) is 15.5. The molecule has 4 nitrogen and oxygen atoms in total. The topological polar surface area (TPSA) is 45.5 Å². The SMILES string of the molecule is CN(CCC(O)c1ccccc1)C(=O)c1cccn1C1CC1. The molecule has 1 aliphatic rings. The fourth-order valence-corrected chi connectivity index (χ4v) is 2.70. The van der Waals surface area contributed by atoms with E-state index in [2.05, 4.69) is 4.57 Å². The van der Waals surface area contributed by atoms with E-state index < -0.39 is 6.10 Å². The molecular weight excluding hydrogens is 276 g/mol. The third-order valence-electron chi connectivity index (χ3n) is 4.21. The molecule has 1 atom stereocenters. The van der Waals surface area contributed by atoms with E-state index in [1.807, 2.05) is 48.7 Å². The fourth-order valence-electron chi connectivity index (χ4n) is 2.70. The molecule has 22 heavy (non-hydrogen) atoms. The van der Waals surface area contributed by atoms with Crippen LogP contribution < -0.4 is 0 Å². The second kappa shape index (κ2) is 6.36. The van der Waals surface area contributed by atoms with Crippen molar-refractivity contribution in [1.29, 1.82) is 0 Å². The number of aliphatic hydroxyl groups excluding tert-OH is 1. The first-order chi connectivity index (χ1) is 10.7. The Balaban J connectivity index is 1.58. The lowest BCUT2D eigenvalue weighted by atomic mass is 10.1. The number of nitrogens with zero attached hydrogens (tertiary/aromatic N) is 2. The zero-order valence-corrected chi connectivity index (χ0v) is 12.9. The zero-order valence-electron chi connectivity index (χ0n) is 12.9. The van der Waals surface area contributed by atoms with Crippen LogP contribution in [0.15, 0.2) is 48.7 Å². The maximum absolute atomic E-state index is 12.5. The van der Waals surface area contributed by atoms with Gasteiger partial charge >= 0.3 is 0 Å². The van der Waals surface area contributed by atoms with Crippen LogP contribution in [-0.4, -0.2) is 34.1 Å². The van der Waals surface area contributed by atoms with Gasteiger partial charge < -0.3 is 14.6 Å². The first kappa shape index (κ1) is 14.9. The van der Waals surface area contributed by atoms with E-state index in [9.17, 15) is 9.90 Å². The second-order valence-electron chi connectivity index (χ2n) is 5.97. The predicted molar refractivity (Wildman–Crippen MR) is 85.7 cm³/mol. The highest BCUT2D eigenvalue weighted by Crippen LogP contribution is 2.36. The third-order valence-corrected chi connectivity index (χ3v) is 4.21. The molecule has 1 amide bonds. The van der Waals surface area contributed by atoms with E-state index in [0.717, 1.165) is 24.1 Å².